The quantitative estimate of drug-likeness (QED) is 0.101. The molecular weight excluding hydrogens is 408 g/mol. The van der Waals surface area contributed by atoms with Crippen molar-refractivity contribution in [1.82, 2.24) is 0 Å². The molecule has 31 heavy (non-hydrogen) atoms. The van der Waals surface area contributed by atoms with Crippen molar-refractivity contribution in [2.45, 2.75) is 155 Å². The summed E-state index contributed by atoms with van der Waals surface area (Å²) in [4.78, 5) is 0. The maximum Gasteiger partial charge on any atom is 0.204 e. The lowest BCUT2D eigenvalue weighted by molar-refractivity contribution is 0.503. The molecule has 0 heterocycles. The van der Waals surface area contributed by atoms with E-state index in [2.05, 4.69) is 52.3 Å². The smallest absolute Gasteiger partial charge is 0.204 e. The van der Waals surface area contributed by atoms with Crippen LogP contribution in [0.4, 0.5) is 0 Å². The second kappa shape index (κ2) is 20.5. The summed E-state index contributed by atoms with van der Waals surface area (Å²) < 4.78 is 7.49. The molecule has 184 valence electrons. The molecule has 0 aliphatic carbocycles. The molecule has 0 atom stereocenters. The predicted molar refractivity (Wildman–Crippen MR) is 149 cm³/mol. The molecule has 0 N–H and O–H groups in total. The van der Waals surface area contributed by atoms with Crippen LogP contribution in [-0.2, 0) is 4.12 Å². The van der Waals surface area contributed by atoms with Gasteiger partial charge in [-0.05, 0) is 24.2 Å². The highest BCUT2D eigenvalue weighted by molar-refractivity contribution is 6.91. The standard InChI is InChI=1S/C28H58OSi2/c1-7-13-17-21-25-30(11-5,26-22-18-14-8-2)29-31(12-6,27-23-19-15-9-3)28-24-20-16-10-4/h11-12H,5-10,13-28H2,1-4H3. The number of unbranched alkanes of at least 4 members (excludes halogenated alkanes) is 12. The van der Waals surface area contributed by atoms with Crippen LogP contribution in [0, 0.1) is 0 Å². The lowest BCUT2D eigenvalue weighted by Gasteiger charge is -2.40. The molecule has 0 saturated carbocycles. The van der Waals surface area contributed by atoms with Crippen molar-refractivity contribution in [3.63, 3.8) is 0 Å². The van der Waals surface area contributed by atoms with Crippen LogP contribution in [0.25, 0.3) is 0 Å². The first-order chi connectivity index (χ1) is 15.1. The Hall–Kier alpha value is -0.126. The van der Waals surface area contributed by atoms with E-state index in [0.717, 1.165) is 0 Å². The topological polar surface area (TPSA) is 9.23 Å². The fourth-order valence-corrected chi connectivity index (χ4v) is 15.0. The molecule has 0 rings (SSSR count). The minimum absolute atomic E-state index is 1.29. The zero-order valence-electron chi connectivity index (χ0n) is 22.1. The third-order valence-corrected chi connectivity index (χ3v) is 16.5. The maximum atomic E-state index is 7.49. The molecule has 0 aromatic heterocycles. The molecule has 0 aliphatic rings. The Morgan fingerprint density at radius 1 is 0.452 bits per heavy atom. The van der Waals surface area contributed by atoms with Crippen LogP contribution in [0.5, 0.6) is 0 Å². The summed E-state index contributed by atoms with van der Waals surface area (Å²) in [7, 11) is -3.82. The lowest BCUT2D eigenvalue weighted by atomic mass is 10.2. The van der Waals surface area contributed by atoms with Gasteiger partial charge in [-0.2, -0.15) is 0 Å². The van der Waals surface area contributed by atoms with Gasteiger partial charge in [-0.1, -0.05) is 142 Å². The van der Waals surface area contributed by atoms with Gasteiger partial charge in [0.05, 0.1) is 0 Å². The van der Waals surface area contributed by atoms with E-state index in [1.54, 1.807) is 0 Å². The number of rotatable bonds is 24. The summed E-state index contributed by atoms with van der Waals surface area (Å²) in [5, 5.41) is 0. The first-order valence-corrected chi connectivity index (χ1v) is 18.8. The van der Waals surface area contributed by atoms with E-state index in [4.69, 9.17) is 4.12 Å². The Balaban J connectivity index is 5.42. The molecule has 0 aromatic rings. The van der Waals surface area contributed by atoms with Crippen LogP contribution < -0.4 is 0 Å². The highest BCUT2D eigenvalue weighted by atomic mass is 28.4. The van der Waals surface area contributed by atoms with E-state index in [9.17, 15) is 0 Å². The van der Waals surface area contributed by atoms with Gasteiger partial charge in [-0.25, -0.2) is 0 Å². The van der Waals surface area contributed by atoms with Crippen LogP contribution >= 0.6 is 0 Å². The Morgan fingerprint density at radius 3 is 0.903 bits per heavy atom. The molecule has 0 aromatic carbocycles. The molecule has 0 unspecified atom stereocenters. The molecule has 0 radical (unpaired) electrons. The van der Waals surface area contributed by atoms with Gasteiger partial charge in [-0.15, -0.1) is 13.2 Å². The van der Waals surface area contributed by atoms with E-state index in [1.807, 2.05) is 0 Å². The minimum Gasteiger partial charge on any atom is -0.449 e. The molecular formula is C28H58OSi2. The van der Waals surface area contributed by atoms with Gasteiger partial charge in [0.2, 0.25) is 16.6 Å². The summed E-state index contributed by atoms with van der Waals surface area (Å²) in [5.74, 6) is 0. The van der Waals surface area contributed by atoms with Gasteiger partial charge in [0.15, 0.2) is 0 Å². The Bertz CT molecular complexity index is 359. The van der Waals surface area contributed by atoms with Crippen molar-refractivity contribution >= 4 is 16.6 Å². The van der Waals surface area contributed by atoms with Crippen molar-refractivity contribution < 1.29 is 4.12 Å². The van der Waals surface area contributed by atoms with Gasteiger partial charge < -0.3 is 4.12 Å². The summed E-state index contributed by atoms with van der Waals surface area (Å²) >= 11 is 0. The number of hydrogen-bond donors (Lipinski definition) is 0. The average Bonchev–Trinajstić information content (AvgIpc) is 2.79. The van der Waals surface area contributed by atoms with Gasteiger partial charge in [0.1, 0.15) is 0 Å². The monoisotopic (exact) mass is 466 g/mol. The van der Waals surface area contributed by atoms with Crippen LogP contribution in [0.3, 0.4) is 0 Å². The minimum atomic E-state index is -1.91. The zero-order valence-corrected chi connectivity index (χ0v) is 24.1. The van der Waals surface area contributed by atoms with Crippen LogP contribution in [0.1, 0.15) is 130 Å². The van der Waals surface area contributed by atoms with E-state index in [0.29, 0.717) is 0 Å². The largest absolute Gasteiger partial charge is 0.449 e. The molecule has 1 nitrogen and oxygen atoms in total. The van der Waals surface area contributed by atoms with Crippen molar-refractivity contribution in [2.75, 3.05) is 0 Å². The first-order valence-electron chi connectivity index (χ1n) is 14.0. The van der Waals surface area contributed by atoms with Gasteiger partial charge >= 0.3 is 0 Å². The second-order valence-corrected chi connectivity index (χ2v) is 17.8. The summed E-state index contributed by atoms with van der Waals surface area (Å²) in [6.07, 6.45) is 21.4. The molecule has 3 heteroatoms. The molecule has 0 amide bonds. The fourth-order valence-electron chi connectivity index (χ4n) is 4.75. The zero-order chi connectivity index (χ0) is 23.3. The van der Waals surface area contributed by atoms with E-state index >= 15 is 0 Å². The molecule has 0 spiro atoms. The molecule has 0 bridgehead atoms. The molecule has 0 saturated heterocycles. The normalized spacial score (nSPS) is 12.3. The van der Waals surface area contributed by atoms with Gasteiger partial charge in [0, 0.05) is 0 Å². The summed E-state index contributed by atoms with van der Waals surface area (Å²) in [6.45, 7) is 18.0. The predicted octanol–water partition coefficient (Wildman–Crippen LogP) is 10.7. The van der Waals surface area contributed by atoms with Crippen molar-refractivity contribution in [3.05, 3.63) is 24.6 Å². The lowest BCUT2D eigenvalue weighted by Crippen LogP contribution is -2.50. The van der Waals surface area contributed by atoms with E-state index < -0.39 is 16.6 Å². The van der Waals surface area contributed by atoms with Crippen molar-refractivity contribution in [1.29, 1.82) is 0 Å². The second-order valence-electron chi connectivity index (χ2n) is 9.88. The third kappa shape index (κ3) is 14.6. The fraction of sp³-hybridized carbons (Fsp3) is 0.857. The van der Waals surface area contributed by atoms with E-state index in [1.165, 1.54) is 127 Å². The van der Waals surface area contributed by atoms with Gasteiger partial charge in [0.25, 0.3) is 0 Å². The number of hydrogen-bond acceptors (Lipinski definition) is 1. The van der Waals surface area contributed by atoms with Crippen molar-refractivity contribution in [2.24, 2.45) is 0 Å². The first kappa shape index (κ1) is 30.9. The SMILES string of the molecule is C=C[Si](CCCCCC)(CCCCCC)O[Si](C=C)(CCCCCC)CCCCCC. The van der Waals surface area contributed by atoms with Crippen LogP contribution in [0.2, 0.25) is 24.2 Å². The average molecular weight is 467 g/mol. The Kier molecular flexibility index (Phi) is 20.4. The summed E-state index contributed by atoms with van der Waals surface area (Å²) in [6, 6.07) is 5.15. The van der Waals surface area contributed by atoms with Crippen molar-refractivity contribution in [3.8, 4) is 0 Å². The van der Waals surface area contributed by atoms with Crippen LogP contribution in [0.15, 0.2) is 24.6 Å². The Labute approximate surface area is 199 Å². The third-order valence-electron chi connectivity index (χ3n) is 6.96. The van der Waals surface area contributed by atoms with Gasteiger partial charge in [-0.3, -0.25) is 0 Å². The Morgan fingerprint density at radius 2 is 0.710 bits per heavy atom. The molecule has 0 fully saturated rings. The highest BCUT2D eigenvalue weighted by Gasteiger charge is 2.41. The van der Waals surface area contributed by atoms with Crippen LogP contribution in [-0.4, -0.2) is 16.6 Å². The summed E-state index contributed by atoms with van der Waals surface area (Å²) in [5.41, 5.74) is 4.68. The van der Waals surface area contributed by atoms with E-state index in [-0.39, 0.29) is 0 Å². The molecule has 0 aliphatic heterocycles. The maximum absolute atomic E-state index is 7.49. The highest BCUT2D eigenvalue weighted by Crippen LogP contribution is 2.35.